The van der Waals surface area contributed by atoms with Gasteiger partial charge < -0.3 is 16.0 Å². The molecule has 0 saturated heterocycles. The van der Waals surface area contributed by atoms with Gasteiger partial charge in [0.2, 0.25) is 5.91 Å². The molecule has 25 heavy (non-hydrogen) atoms. The quantitative estimate of drug-likeness (QED) is 0.551. The lowest BCUT2D eigenvalue weighted by molar-refractivity contribution is -0.116. The first-order valence-corrected chi connectivity index (χ1v) is 9.61. The van der Waals surface area contributed by atoms with Gasteiger partial charge >= 0.3 is 0 Å². The van der Waals surface area contributed by atoms with Crippen LogP contribution < -0.4 is 16.0 Å². The van der Waals surface area contributed by atoms with E-state index < -0.39 is 0 Å². The lowest BCUT2D eigenvalue weighted by Gasteiger charge is -2.26. The van der Waals surface area contributed by atoms with Crippen LogP contribution in [0.15, 0.2) is 29.3 Å². The number of carbonyl (C=O) groups is 1. The third-order valence-corrected chi connectivity index (χ3v) is 5.85. The molecule has 2 aliphatic carbocycles. The van der Waals surface area contributed by atoms with Gasteiger partial charge in [-0.05, 0) is 55.6 Å². The number of benzene rings is 1. The minimum atomic E-state index is 0.0955. The van der Waals surface area contributed by atoms with Crippen molar-refractivity contribution in [2.75, 3.05) is 25.0 Å². The molecule has 0 radical (unpaired) electrons. The number of rotatable bonds is 6. The van der Waals surface area contributed by atoms with Crippen LogP contribution in [0.4, 0.5) is 5.69 Å². The minimum Gasteiger partial charge on any atom is -0.357 e. The predicted octanol–water partition coefficient (Wildman–Crippen LogP) is 2.86. The first kappa shape index (κ1) is 16.4. The van der Waals surface area contributed by atoms with Crippen molar-refractivity contribution in [1.29, 1.82) is 0 Å². The maximum Gasteiger partial charge on any atom is 0.225 e. The zero-order valence-electron chi connectivity index (χ0n) is 15.0. The largest absolute Gasteiger partial charge is 0.357 e. The normalized spacial score (nSPS) is 24.3. The van der Waals surface area contributed by atoms with Crippen molar-refractivity contribution in [3.05, 3.63) is 29.8 Å². The SMILES string of the molecule is CCNC(=NCC1(C2CC2)CC1)NCC1CC(=O)Nc2ccccc21. The van der Waals surface area contributed by atoms with Crippen molar-refractivity contribution >= 4 is 17.6 Å². The highest BCUT2D eigenvalue weighted by Gasteiger charge is 2.53. The lowest BCUT2D eigenvalue weighted by atomic mass is 9.90. The second-order valence-electron chi connectivity index (χ2n) is 7.75. The van der Waals surface area contributed by atoms with Crippen molar-refractivity contribution < 1.29 is 4.79 Å². The number of fused-ring (bicyclic) bond motifs is 1. The molecule has 0 aromatic heterocycles. The molecule has 2 saturated carbocycles. The molecule has 134 valence electrons. The van der Waals surface area contributed by atoms with Crippen LogP contribution in [-0.2, 0) is 4.79 Å². The molecule has 1 unspecified atom stereocenters. The summed E-state index contributed by atoms with van der Waals surface area (Å²) in [6.07, 6.45) is 6.00. The number of carbonyl (C=O) groups excluding carboxylic acids is 1. The zero-order chi connectivity index (χ0) is 17.3. The first-order chi connectivity index (χ1) is 12.2. The molecule has 3 N–H and O–H groups in total. The van der Waals surface area contributed by atoms with E-state index in [4.69, 9.17) is 4.99 Å². The number of hydrogen-bond acceptors (Lipinski definition) is 2. The van der Waals surface area contributed by atoms with Gasteiger partial charge in [-0.1, -0.05) is 18.2 Å². The zero-order valence-corrected chi connectivity index (χ0v) is 15.0. The Morgan fingerprint density at radius 3 is 2.80 bits per heavy atom. The van der Waals surface area contributed by atoms with Crippen LogP contribution in [0.1, 0.15) is 50.5 Å². The van der Waals surface area contributed by atoms with Gasteiger partial charge in [0.05, 0.1) is 0 Å². The molecule has 1 aromatic carbocycles. The fourth-order valence-electron chi connectivity index (χ4n) is 4.03. The molecule has 3 aliphatic rings. The highest BCUT2D eigenvalue weighted by atomic mass is 16.1. The average molecular weight is 340 g/mol. The number of anilines is 1. The topological polar surface area (TPSA) is 65.5 Å². The molecule has 2 fully saturated rings. The Bertz CT molecular complexity index is 676. The summed E-state index contributed by atoms with van der Waals surface area (Å²) in [4.78, 5) is 16.8. The van der Waals surface area contributed by atoms with Gasteiger partial charge in [-0.2, -0.15) is 0 Å². The molecule has 1 aliphatic heterocycles. The van der Waals surface area contributed by atoms with Crippen LogP contribution in [0, 0.1) is 11.3 Å². The molecule has 1 aromatic rings. The van der Waals surface area contributed by atoms with Crippen LogP contribution in [-0.4, -0.2) is 31.5 Å². The van der Waals surface area contributed by atoms with E-state index in [1.54, 1.807) is 0 Å². The molecule has 1 amide bonds. The van der Waals surface area contributed by atoms with Gasteiger partial charge in [0, 0.05) is 37.7 Å². The number of hydrogen-bond donors (Lipinski definition) is 3. The molecular weight excluding hydrogens is 312 g/mol. The summed E-state index contributed by atoms with van der Waals surface area (Å²) in [5.41, 5.74) is 2.67. The van der Waals surface area contributed by atoms with E-state index >= 15 is 0 Å². The molecule has 1 heterocycles. The van der Waals surface area contributed by atoms with Crippen molar-refractivity contribution in [3.8, 4) is 0 Å². The summed E-state index contributed by atoms with van der Waals surface area (Å²) >= 11 is 0. The smallest absolute Gasteiger partial charge is 0.225 e. The van der Waals surface area contributed by atoms with E-state index in [1.165, 1.54) is 31.2 Å². The Kier molecular flexibility index (Phi) is 4.40. The summed E-state index contributed by atoms with van der Waals surface area (Å²) in [6.45, 7) is 4.61. The Balaban J connectivity index is 1.40. The van der Waals surface area contributed by atoms with Crippen molar-refractivity contribution in [1.82, 2.24) is 10.6 Å². The predicted molar refractivity (Wildman–Crippen MR) is 101 cm³/mol. The highest BCUT2D eigenvalue weighted by Crippen LogP contribution is 2.61. The first-order valence-electron chi connectivity index (χ1n) is 9.61. The summed E-state index contributed by atoms with van der Waals surface area (Å²) in [6, 6.07) is 8.09. The third kappa shape index (κ3) is 3.65. The minimum absolute atomic E-state index is 0.0955. The molecule has 1 atom stereocenters. The van der Waals surface area contributed by atoms with Crippen LogP contribution in [0.2, 0.25) is 0 Å². The number of nitrogens with zero attached hydrogens (tertiary/aromatic N) is 1. The Labute approximate surface area is 149 Å². The third-order valence-electron chi connectivity index (χ3n) is 5.85. The van der Waals surface area contributed by atoms with E-state index in [-0.39, 0.29) is 11.8 Å². The van der Waals surface area contributed by atoms with Crippen molar-refractivity contribution in [2.24, 2.45) is 16.3 Å². The van der Waals surface area contributed by atoms with Gasteiger partial charge in [0.25, 0.3) is 0 Å². The van der Waals surface area contributed by atoms with Gasteiger partial charge in [0.15, 0.2) is 5.96 Å². The van der Waals surface area contributed by atoms with Crippen LogP contribution in [0.5, 0.6) is 0 Å². The van der Waals surface area contributed by atoms with E-state index in [2.05, 4.69) is 28.9 Å². The monoisotopic (exact) mass is 340 g/mol. The average Bonchev–Trinajstić information content (AvgIpc) is 3.50. The van der Waals surface area contributed by atoms with E-state index in [1.807, 2.05) is 18.2 Å². The van der Waals surface area contributed by atoms with E-state index in [0.29, 0.717) is 11.8 Å². The summed E-state index contributed by atoms with van der Waals surface area (Å²) in [7, 11) is 0. The lowest BCUT2D eigenvalue weighted by Crippen LogP contribution is -2.41. The fraction of sp³-hybridized carbons (Fsp3) is 0.600. The fourth-order valence-corrected chi connectivity index (χ4v) is 4.03. The standard InChI is InChI=1S/C20H28N4O/c1-2-21-19(23-13-20(9-10-20)15-7-8-15)22-12-14-11-18(25)24-17-6-4-3-5-16(14)17/h3-6,14-15H,2,7-13H2,1H3,(H,24,25)(H2,21,22,23). The molecular formula is C20H28N4O. The van der Waals surface area contributed by atoms with E-state index in [9.17, 15) is 4.79 Å². The Morgan fingerprint density at radius 1 is 1.28 bits per heavy atom. The Hall–Kier alpha value is -2.04. The summed E-state index contributed by atoms with van der Waals surface area (Å²) in [5.74, 6) is 2.09. The molecule has 5 heteroatoms. The van der Waals surface area contributed by atoms with Gasteiger partial charge in [-0.25, -0.2) is 0 Å². The molecule has 0 spiro atoms. The van der Waals surface area contributed by atoms with Gasteiger partial charge in [-0.3, -0.25) is 9.79 Å². The molecule has 5 nitrogen and oxygen atoms in total. The number of guanidine groups is 1. The van der Waals surface area contributed by atoms with Gasteiger partial charge in [0.1, 0.15) is 0 Å². The molecule has 4 rings (SSSR count). The van der Waals surface area contributed by atoms with Crippen LogP contribution in [0.3, 0.4) is 0 Å². The van der Waals surface area contributed by atoms with E-state index in [0.717, 1.165) is 37.2 Å². The Morgan fingerprint density at radius 2 is 2.08 bits per heavy atom. The molecule has 0 bridgehead atoms. The number of amides is 1. The maximum atomic E-state index is 12.0. The van der Waals surface area contributed by atoms with Crippen LogP contribution in [0.25, 0.3) is 0 Å². The number of nitrogens with one attached hydrogen (secondary N) is 3. The maximum absolute atomic E-state index is 12.0. The second kappa shape index (κ2) is 6.70. The van der Waals surface area contributed by atoms with Crippen LogP contribution >= 0.6 is 0 Å². The van der Waals surface area contributed by atoms with Crippen molar-refractivity contribution in [2.45, 2.75) is 44.9 Å². The summed E-state index contributed by atoms with van der Waals surface area (Å²) in [5, 5.41) is 9.79. The number of aliphatic imine (C=N–C) groups is 1. The highest BCUT2D eigenvalue weighted by molar-refractivity contribution is 5.94. The summed E-state index contributed by atoms with van der Waals surface area (Å²) < 4.78 is 0. The second-order valence-corrected chi connectivity index (χ2v) is 7.75. The number of para-hydroxylation sites is 1. The van der Waals surface area contributed by atoms with Crippen molar-refractivity contribution in [3.63, 3.8) is 0 Å². The van der Waals surface area contributed by atoms with Gasteiger partial charge in [-0.15, -0.1) is 0 Å².